The summed E-state index contributed by atoms with van der Waals surface area (Å²) in [5.74, 6) is 0. The number of nitro groups is 2. The monoisotopic (exact) mass is 307 g/mol. The van der Waals surface area contributed by atoms with Crippen LogP contribution in [-0.2, 0) is 0 Å². The van der Waals surface area contributed by atoms with Gasteiger partial charge >= 0.3 is 11.4 Å². The van der Waals surface area contributed by atoms with Gasteiger partial charge in [0.15, 0.2) is 0 Å². The van der Waals surface area contributed by atoms with E-state index in [0.29, 0.717) is 0 Å². The number of hydrogen-bond donors (Lipinski definition) is 0. The molecule has 0 amide bonds. The molecule has 113 valence electrons. The van der Waals surface area contributed by atoms with Gasteiger partial charge in [0, 0.05) is 18.1 Å². The molecule has 0 unspecified atom stereocenters. The number of rotatable bonds is 4. The summed E-state index contributed by atoms with van der Waals surface area (Å²) < 4.78 is 0. The summed E-state index contributed by atoms with van der Waals surface area (Å²) in [4.78, 5) is 20.9. The second kappa shape index (κ2) is 5.84. The predicted molar refractivity (Wildman–Crippen MR) is 86.2 cm³/mol. The standard InChI is InChI=1S/C17H11N2O4/c20-18(21)16-10-4-8-14(17(16)19(22)23)11-13-7-3-6-12-5-1-2-9-15(12)13/h1-11H. The van der Waals surface area contributed by atoms with Gasteiger partial charge in [-0.3, -0.25) is 20.2 Å². The van der Waals surface area contributed by atoms with Crippen molar-refractivity contribution in [1.82, 2.24) is 0 Å². The fourth-order valence-corrected chi connectivity index (χ4v) is 2.56. The van der Waals surface area contributed by atoms with Gasteiger partial charge in [0.1, 0.15) is 0 Å². The van der Waals surface area contributed by atoms with Crippen LogP contribution in [0.15, 0.2) is 60.7 Å². The molecule has 3 rings (SSSR count). The second-order valence-corrected chi connectivity index (χ2v) is 4.94. The number of para-hydroxylation sites is 1. The summed E-state index contributed by atoms with van der Waals surface area (Å²) in [5, 5.41) is 24.2. The summed E-state index contributed by atoms with van der Waals surface area (Å²) >= 11 is 0. The fraction of sp³-hybridized carbons (Fsp3) is 0. The van der Waals surface area contributed by atoms with Crippen molar-refractivity contribution in [3.8, 4) is 0 Å². The Morgan fingerprint density at radius 2 is 1.39 bits per heavy atom. The molecular formula is C17H11N2O4. The van der Waals surface area contributed by atoms with Crippen molar-refractivity contribution in [1.29, 1.82) is 0 Å². The molecule has 0 atom stereocenters. The van der Waals surface area contributed by atoms with Gasteiger partial charge in [0.25, 0.3) is 0 Å². The van der Waals surface area contributed by atoms with Crippen LogP contribution in [0.2, 0.25) is 0 Å². The fourth-order valence-electron chi connectivity index (χ4n) is 2.56. The van der Waals surface area contributed by atoms with Crippen molar-refractivity contribution in [2.45, 2.75) is 0 Å². The summed E-state index contributed by atoms with van der Waals surface area (Å²) in [7, 11) is 0. The molecule has 23 heavy (non-hydrogen) atoms. The molecule has 6 heteroatoms. The number of hydrogen-bond acceptors (Lipinski definition) is 4. The largest absolute Gasteiger partial charge is 0.349 e. The van der Waals surface area contributed by atoms with Gasteiger partial charge in [-0.1, -0.05) is 54.6 Å². The van der Waals surface area contributed by atoms with Gasteiger partial charge in [-0.2, -0.15) is 0 Å². The molecule has 0 N–H and O–H groups in total. The molecule has 0 heterocycles. The normalized spacial score (nSPS) is 10.6. The van der Waals surface area contributed by atoms with E-state index in [2.05, 4.69) is 0 Å². The summed E-state index contributed by atoms with van der Waals surface area (Å²) in [6, 6.07) is 17.3. The first-order valence-corrected chi connectivity index (χ1v) is 6.82. The number of nitrogens with zero attached hydrogens (tertiary/aromatic N) is 2. The molecule has 0 fully saturated rings. The first-order valence-electron chi connectivity index (χ1n) is 6.82. The maximum atomic E-state index is 11.3. The van der Waals surface area contributed by atoms with E-state index in [-0.39, 0.29) is 5.56 Å². The molecule has 0 aliphatic rings. The molecule has 1 radical (unpaired) electrons. The van der Waals surface area contributed by atoms with Crippen LogP contribution in [0.4, 0.5) is 11.4 Å². The van der Waals surface area contributed by atoms with E-state index in [9.17, 15) is 20.2 Å². The molecule has 0 aliphatic heterocycles. The van der Waals surface area contributed by atoms with Crippen LogP contribution in [0.25, 0.3) is 10.8 Å². The Hall–Kier alpha value is -3.28. The van der Waals surface area contributed by atoms with Gasteiger partial charge < -0.3 is 0 Å². The van der Waals surface area contributed by atoms with E-state index >= 15 is 0 Å². The minimum absolute atomic E-state index is 0.209. The molecule has 3 aromatic rings. The Bertz CT molecular complexity index is 916. The summed E-state index contributed by atoms with van der Waals surface area (Å²) in [6.45, 7) is 0. The highest BCUT2D eigenvalue weighted by Crippen LogP contribution is 2.34. The van der Waals surface area contributed by atoms with Crippen molar-refractivity contribution in [2.24, 2.45) is 0 Å². The molecular weight excluding hydrogens is 296 g/mol. The molecule has 0 aliphatic carbocycles. The molecule has 3 aromatic carbocycles. The van der Waals surface area contributed by atoms with E-state index in [0.717, 1.165) is 22.4 Å². The third-order valence-electron chi connectivity index (χ3n) is 3.56. The Balaban J connectivity index is 2.14. The minimum atomic E-state index is -0.738. The maximum Gasteiger partial charge on any atom is 0.349 e. The van der Waals surface area contributed by atoms with Crippen LogP contribution in [0.3, 0.4) is 0 Å². The van der Waals surface area contributed by atoms with Crippen LogP contribution < -0.4 is 0 Å². The molecule has 0 bridgehead atoms. The van der Waals surface area contributed by atoms with Gasteiger partial charge in [-0.15, -0.1) is 0 Å². The zero-order valence-electron chi connectivity index (χ0n) is 11.9. The van der Waals surface area contributed by atoms with E-state index in [1.165, 1.54) is 12.1 Å². The topological polar surface area (TPSA) is 86.3 Å². The Morgan fingerprint density at radius 1 is 0.739 bits per heavy atom. The van der Waals surface area contributed by atoms with E-state index in [1.54, 1.807) is 6.42 Å². The maximum absolute atomic E-state index is 11.3. The zero-order valence-corrected chi connectivity index (χ0v) is 11.9. The number of nitro benzene ring substituents is 2. The average molecular weight is 307 g/mol. The quantitative estimate of drug-likeness (QED) is 0.532. The molecule has 0 saturated heterocycles. The lowest BCUT2D eigenvalue weighted by Gasteiger charge is -2.07. The number of fused-ring (bicyclic) bond motifs is 1. The Morgan fingerprint density at radius 3 is 2.13 bits per heavy atom. The lowest BCUT2D eigenvalue weighted by Crippen LogP contribution is -2.01. The zero-order chi connectivity index (χ0) is 16.4. The molecule has 0 saturated carbocycles. The highest BCUT2D eigenvalue weighted by molar-refractivity contribution is 5.87. The van der Waals surface area contributed by atoms with E-state index in [4.69, 9.17) is 0 Å². The average Bonchev–Trinajstić information content (AvgIpc) is 2.54. The van der Waals surface area contributed by atoms with Crippen LogP contribution >= 0.6 is 0 Å². The third kappa shape index (κ3) is 2.74. The SMILES string of the molecule is O=[N+]([O-])c1cccc([CH]c2cccc3ccccc23)c1[N+](=O)[O-]. The highest BCUT2D eigenvalue weighted by atomic mass is 16.6. The highest BCUT2D eigenvalue weighted by Gasteiger charge is 2.28. The lowest BCUT2D eigenvalue weighted by molar-refractivity contribution is -0.422. The minimum Gasteiger partial charge on any atom is -0.258 e. The van der Waals surface area contributed by atoms with E-state index in [1.807, 2.05) is 42.5 Å². The van der Waals surface area contributed by atoms with E-state index < -0.39 is 21.2 Å². The molecule has 0 spiro atoms. The van der Waals surface area contributed by atoms with Crippen LogP contribution in [0.1, 0.15) is 11.1 Å². The van der Waals surface area contributed by atoms with Gasteiger partial charge in [-0.05, 0) is 16.3 Å². The third-order valence-corrected chi connectivity index (χ3v) is 3.56. The predicted octanol–water partition coefficient (Wildman–Crippen LogP) is 4.26. The first kappa shape index (κ1) is 14.6. The van der Waals surface area contributed by atoms with Crippen molar-refractivity contribution in [3.63, 3.8) is 0 Å². The first-order chi connectivity index (χ1) is 11.1. The smallest absolute Gasteiger partial charge is 0.258 e. The van der Waals surface area contributed by atoms with Gasteiger partial charge in [-0.25, -0.2) is 0 Å². The summed E-state index contributed by atoms with van der Waals surface area (Å²) in [6.07, 6.45) is 1.60. The Labute approximate surface area is 131 Å². The molecule has 6 nitrogen and oxygen atoms in total. The van der Waals surface area contributed by atoms with Crippen molar-refractivity contribution >= 4 is 22.1 Å². The second-order valence-electron chi connectivity index (χ2n) is 4.94. The van der Waals surface area contributed by atoms with Gasteiger partial charge in [0.05, 0.1) is 9.85 Å². The molecule has 0 aromatic heterocycles. The van der Waals surface area contributed by atoms with Crippen molar-refractivity contribution in [2.75, 3.05) is 0 Å². The van der Waals surface area contributed by atoms with Crippen LogP contribution in [-0.4, -0.2) is 9.85 Å². The van der Waals surface area contributed by atoms with Crippen molar-refractivity contribution < 1.29 is 9.85 Å². The lowest BCUT2D eigenvalue weighted by atomic mass is 9.97. The number of benzene rings is 3. The van der Waals surface area contributed by atoms with Crippen molar-refractivity contribution in [3.05, 3.63) is 98.4 Å². The Kier molecular flexibility index (Phi) is 3.72. The van der Waals surface area contributed by atoms with Gasteiger partial charge in [0.2, 0.25) is 0 Å². The van der Waals surface area contributed by atoms with Crippen LogP contribution in [0, 0.1) is 26.6 Å². The van der Waals surface area contributed by atoms with Crippen LogP contribution in [0.5, 0.6) is 0 Å². The summed E-state index contributed by atoms with van der Waals surface area (Å²) in [5.41, 5.74) is -0.0262.